The van der Waals surface area contributed by atoms with Crippen LogP contribution in [-0.4, -0.2) is 16.0 Å². The van der Waals surface area contributed by atoms with Crippen LogP contribution >= 0.6 is 11.6 Å². The molecule has 0 aromatic heterocycles. The van der Waals surface area contributed by atoms with Crippen LogP contribution in [0.25, 0.3) is 0 Å². The van der Waals surface area contributed by atoms with E-state index in [0.717, 1.165) is 12.1 Å². The molecule has 0 radical (unpaired) electrons. The Labute approximate surface area is 84.1 Å². The number of benzene rings is 1. The number of hydrogen-bond acceptors (Lipinski definition) is 3. The minimum absolute atomic E-state index is 0.0910. The Morgan fingerprint density at radius 2 is 2.14 bits per heavy atom. The third kappa shape index (κ3) is 1.67. The summed E-state index contributed by atoms with van der Waals surface area (Å²) in [5.74, 6) is -1.20. The standard InChI is InChI=1S/C8H6ClNO4/c1-4-6(10(13)14)3-2-5(7(4)9)8(11)12/h2-3H,1H3,(H,11,12). The lowest BCUT2D eigenvalue weighted by molar-refractivity contribution is -0.385. The van der Waals surface area contributed by atoms with Crippen LogP contribution < -0.4 is 0 Å². The van der Waals surface area contributed by atoms with Gasteiger partial charge in [0.2, 0.25) is 0 Å². The summed E-state index contributed by atoms with van der Waals surface area (Å²) in [6.45, 7) is 1.41. The summed E-state index contributed by atoms with van der Waals surface area (Å²) in [6.07, 6.45) is 0. The zero-order valence-electron chi connectivity index (χ0n) is 7.15. The quantitative estimate of drug-likeness (QED) is 0.606. The average molecular weight is 216 g/mol. The van der Waals surface area contributed by atoms with Gasteiger partial charge < -0.3 is 5.11 Å². The van der Waals surface area contributed by atoms with E-state index in [9.17, 15) is 14.9 Å². The van der Waals surface area contributed by atoms with Gasteiger partial charge in [0, 0.05) is 11.6 Å². The lowest BCUT2D eigenvalue weighted by Crippen LogP contribution is -2.01. The normalized spacial score (nSPS) is 9.86. The third-order valence-electron chi connectivity index (χ3n) is 1.78. The van der Waals surface area contributed by atoms with Crippen molar-refractivity contribution in [2.75, 3.05) is 0 Å². The highest BCUT2D eigenvalue weighted by molar-refractivity contribution is 6.34. The second kappa shape index (κ2) is 3.63. The van der Waals surface area contributed by atoms with Crippen molar-refractivity contribution in [3.05, 3.63) is 38.4 Å². The van der Waals surface area contributed by atoms with E-state index in [-0.39, 0.29) is 21.8 Å². The molecule has 1 aromatic carbocycles. The van der Waals surface area contributed by atoms with Crippen molar-refractivity contribution in [2.45, 2.75) is 6.92 Å². The summed E-state index contributed by atoms with van der Waals surface area (Å²) in [7, 11) is 0. The van der Waals surface area contributed by atoms with Gasteiger partial charge in [-0.25, -0.2) is 4.79 Å². The lowest BCUT2D eigenvalue weighted by atomic mass is 10.1. The number of nitrogens with zero attached hydrogens (tertiary/aromatic N) is 1. The largest absolute Gasteiger partial charge is 0.478 e. The first-order chi connectivity index (χ1) is 6.45. The Bertz CT molecular complexity index is 377. The Morgan fingerprint density at radius 1 is 1.57 bits per heavy atom. The minimum atomic E-state index is -1.20. The van der Waals surface area contributed by atoms with Gasteiger partial charge in [0.15, 0.2) is 0 Å². The SMILES string of the molecule is Cc1c([N+](=O)[O-])ccc(C(=O)O)c1Cl. The fourth-order valence-corrected chi connectivity index (χ4v) is 1.28. The van der Waals surface area contributed by atoms with Gasteiger partial charge >= 0.3 is 5.97 Å². The number of rotatable bonds is 2. The number of aromatic carboxylic acids is 1. The molecule has 1 aromatic rings. The summed E-state index contributed by atoms with van der Waals surface area (Å²) in [5, 5.41) is 19.0. The van der Waals surface area contributed by atoms with Crippen LogP contribution in [0.4, 0.5) is 5.69 Å². The van der Waals surface area contributed by atoms with Crippen LogP contribution in [0.3, 0.4) is 0 Å². The lowest BCUT2D eigenvalue weighted by Gasteiger charge is -2.02. The summed E-state index contributed by atoms with van der Waals surface area (Å²) < 4.78 is 0. The number of carboxylic acid groups (broad SMARTS) is 1. The number of carboxylic acids is 1. The van der Waals surface area contributed by atoms with Gasteiger partial charge in [0.25, 0.3) is 5.69 Å². The fourth-order valence-electron chi connectivity index (χ4n) is 1.04. The number of halogens is 1. The maximum Gasteiger partial charge on any atom is 0.337 e. The molecule has 0 saturated carbocycles. The molecule has 0 fully saturated rings. The third-order valence-corrected chi connectivity index (χ3v) is 2.27. The number of nitro groups is 1. The van der Waals surface area contributed by atoms with Crippen molar-refractivity contribution >= 4 is 23.3 Å². The van der Waals surface area contributed by atoms with E-state index in [1.54, 1.807) is 0 Å². The molecule has 1 N–H and O–H groups in total. The van der Waals surface area contributed by atoms with Gasteiger partial charge in [0.05, 0.1) is 15.5 Å². The molecule has 0 spiro atoms. The van der Waals surface area contributed by atoms with Crippen molar-refractivity contribution in [2.24, 2.45) is 0 Å². The topological polar surface area (TPSA) is 80.4 Å². The number of hydrogen-bond donors (Lipinski definition) is 1. The van der Waals surface area contributed by atoms with E-state index in [0.29, 0.717) is 0 Å². The van der Waals surface area contributed by atoms with E-state index in [2.05, 4.69) is 0 Å². The molecule has 0 atom stereocenters. The Balaban J connectivity index is 3.41. The van der Waals surface area contributed by atoms with E-state index in [4.69, 9.17) is 16.7 Å². The van der Waals surface area contributed by atoms with Crippen LogP contribution in [-0.2, 0) is 0 Å². The van der Waals surface area contributed by atoms with Gasteiger partial charge in [-0.2, -0.15) is 0 Å². The van der Waals surface area contributed by atoms with Crippen molar-refractivity contribution in [1.29, 1.82) is 0 Å². The average Bonchev–Trinajstić information content (AvgIpc) is 2.08. The van der Waals surface area contributed by atoms with Gasteiger partial charge in [-0.3, -0.25) is 10.1 Å². The molecule has 0 saturated heterocycles. The van der Waals surface area contributed by atoms with Gasteiger partial charge in [-0.15, -0.1) is 0 Å². The Hall–Kier alpha value is -1.62. The molecule has 0 aliphatic heterocycles. The van der Waals surface area contributed by atoms with Crippen LogP contribution in [0, 0.1) is 17.0 Å². The molecule has 0 bridgehead atoms. The van der Waals surface area contributed by atoms with Gasteiger partial charge in [-0.1, -0.05) is 11.6 Å². The zero-order chi connectivity index (χ0) is 10.9. The van der Waals surface area contributed by atoms with Crippen LogP contribution in [0.2, 0.25) is 5.02 Å². The molecule has 0 unspecified atom stereocenters. The highest BCUT2D eigenvalue weighted by atomic mass is 35.5. The van der Waals surface area contributed by atoms with Gasteiger partial charge in [0.1, 0.15) is 0 Å². The summed E-state index contributed by atoms with van der Waals surface area (Å²) in [4.78, 5) is 20.5. The molecule has 6 heteroatoms. The number of carbonyl (C=O) groups is 1. The predicted molar refractivity (Wildman–Crippen MR) is 49.8 cm³/mol. The molecule has 14 heavy (non-hydrogen) atoms. The molecule has 5 nitrogen and oxygen atoms in total. The second-order valence-corrected chi connectivity index (χ2v) is 3.01. The maximum absolute atomic E-state index is 10.6. The fraction of sp³-hybridized carbons (Fsp3) is 0.125. The summed E-state index contributed by atoms with van der Waals surface area (Å²) in [5.41, 5.74) is -0.147. The molecule has 74 valence electrons. The van der Waals surface area contributed by atoms with E-state index in [1.807, 2.05) is 0 Å². The Morgan fingerprint density at radius 3 is 2.57 bits per heavy atom. The van der Waals surface area contributed by atoms with Crippen molar-refractivity contribution in [3.63, 3.8) is 0 Å². The summed E-state index contributed by atoms with van der Waals surface area (Å²) in [6, 6.07) is 2.25. The zero-order valence-corrected chi connectivity index (χ0v) is 7.91. The minimum Gasteiger partial charge on any atom is -0.478 e. The first-order valence-corrected chi connectivity index (χ1v) is 3.99. The highest BCUT2D eigenvalue weighted by Crippen LogP contribution is 2.28. The Kier molecular flexibility index (Phi) is 2.71. The van der Waals surface area contributed by atoms with Crippen molar-refractivity contribution in [3.8, 4) is 0 Å². The second-order valence-electron chi connectivity index (χ2n) is 2.63. The summed E-state index contributed by atoms with van der Waals surface area (Å²) >= 11 is 5.65. The van der Waals surface area contributed by atoms with Crippen molar-refractivity contribution in [1.82, 2.24) is 0 Å². The molecule has 0 aliphatic carbocycles. The molecule has 0 aliphatic rings. The van der Waals surface area contributed by atoms with E-state index < -0.39 is 10.9 Å². The van der Waals surface area contributed by atoms with Crippen molar-refractivity contribution < 1.29 is 14.8 Å². The number of nitro benzene ring substituents is 1. The first-order valence-electron chi connectivity index (χ1n) is 3.62. The monoisotopic (exact) mass is 215 g/mol. The molecular formula is C8H6ClNO4. The first kappa shape index (κ1) is 10.5. The highest BCUT2D eigenvalue weighted by Gasteiger charge is 2.18. The molecule has 0 heterocycles. The van der Waals surface area contributed by atoms with Crippen LogP contribution in [0.15, 0.2) is 12.1 Å². The van der Waals surface area contributed by atoms with Crippen LogP contribution in [0.1, 0.15) is 15.9 Å². The molecule has 0 amide bonds. The van der Waals surface area contributed by atoms with Gasteiger partial charge in [-0.05, 0) is 13.0 Å². The molecule has 1 rings (SSSR count). The van der Waals surface area contributed by atoms with E-state index >= 15 is 0 Å². The smallest absolute Gasteiger partial charge is 0.337 e. The predicted octanol–water partition coefficient (Wildman–Crippen LogP) is 2.25. The van der Waals surface area contributed by atoms with Crippen LogP contribution in [0.5, 0.6) is 0 Å². The van der Waals surface area contributed by atoms with E-state index in [1.165, 1.54) is 6.92 Å². The molecular weight excluding hydrogens is 210 g/mol. The maximum atomic E-state index is 10.6.